The number of aryl methyl sites for hydroxylation is 2. The minimum Gasteiger partial charge on any atom is -0.488 e. The molecule has 0 fully saturated rings. The van der Waals surface area contributed by atoms with E-state index in [1.807, 2.05) is 44.2 Å². The Kier molecular flexibility index (Phi) is 3.59. The fraction of sp³-hybridized carbons (Fsp3) is 0.200. The van der Waals surface area contributed by atoms with Crippen LogP contribution in [0.25, 0.3) is 0 Å². The van der Waals surface area contributed by atoms with Crippen LogP contribution in [0.1, 0.15) is 22.4 Å². The molecule has 0 spiro atoms. The maximum absolute atomic E-state index is 8.78. The number of ether oxygens (including phenoxy) is 1. The highest BCUT2D eigenvalue weighted by atomic mass is 16.5. The predicted molar refractivity (Wildman–Crippen MR) is 69.2 cm³/mol. The molecule has 0 aliphatic heterocycles. The summed E-state index contributed by atoms with van der Waals surface area (Å²) in [6.45, 7) is 4.49. The fourth-order valence-corrected chi connectivity index (χ4v) is 1.81. The highest BCUT2D eigenvalue weighted by molar-refractivity contribution is 5.40. The van der Waals surface area contributed by atoms with Crippen LogP contribution in [0.5, 0.6) is 5.75 Å². The third-order valence-electron chi connectivity index (χ3n) is 2.73. The van der Waals surface area contributed by atoms with E-state index < -0.39 is 0 Å². The Balaban J connectivity index is 2.14. The first-order valence-corrected chi connectivity index (χ1v) is 5.75. The largest absolute Gasteiger partial charge is 0.488 e. The van der Waals surface area contributed by atoms with E-state index in [-0.39, 0.29) is 0 Å². The average Bonchev–Trinajstić information content (AvgIpc) is 2.38. The van der Waals surface area contributed by atoms with Gasteiger partial charge in [0.15, 0.2) is 0 Å². The molecule has 3 nitrogen and oxygen atoms in total. The summed E-state index contributed by atoms with van der Waals surface area (Å²) in [5.41, 5.74) is 3.59. The van der Waals surface area contributed by atoms with Crippen molar-refractivity contribution in [2.45, 2.75) is 20.5 Å². The lowest BCUT2D eigenvalue weighted by Gasteiger charge is -2.11. The van der Waals surface area contributed by atoms with E-state index in [0.29, 0.717) is 12.3 Å². The molecule has 18 heavy (non-hydrogen) atoms. The molecule has 0 bridgehead atoms. The molecular weight excluding hydrogens is 224 g/mol. The Labute approximate surface area is 107 Å². The van der Waals surface area contributed by atoms with Gasteiger partial charge in [-0.1, -0.05) is 18.2 Å². The van der Waals surface area contributed by atoms with Crippen LogP contribution >= 0.6 is 0 Å². The van der Waals surface area contributed by atoms with Gasteiger partial charge in [0.05, 0.1) is 0 Å². The molecule has 2 aromatic rings. The van der Waals surface area contributed by atoms with Crippen molar-refractivity contribution in [3.05, 3.63) is 58.9 Å². The lowest BCUT2D eigenvalue weighted by Crippen LogP contribution is -1.99. The van der Waals surface area contributed by atoms with Crippen LogP contribution < -0.4 is 4.74 Å². The number of pyridine rings is 1. The summed E-state index contributed by atoms with van der Waals surface area (Å²) >= 11 is 0. The van der Waals surface area contributed by atoms with Gasteiger partial charge in [0.1, 0.15) is 24.1 Å². The average molecular weight is 238 g/mol. The Morgan fingerprint density at radius 2 is 1.94 bits per heavy atom. The van der Waals surface area contributed by atoms with Crippen molar-refractivity contribution in [3.8, 4) is 11.8 Å². The zero-order chi connectivity index (χ0) is 13.0. The molecule has 90 valence electrons. The lowest BCUT2D eigenvalue weighted by atomic mass is 10.1. The number of hydrogen-bond acceptors (Lipinski definition) is 3. The van der Waals surface area contributed by atoms with Crippen molar-refractivity contribution in [1.82, 2.24) is 4.98 Å². The van der Waals surface area contributed by atoms with Gasteiger partial charge in [-0.25, -0.2) is 4.98 Å². The van der Waals surface area contributed by atoms with E-state index in [1.54, 1.807) is 12.3 Å². The van der Waals surface area contributed by atoms with Crippen LogP contribution in [0.2, 0.25) is 0 Å². The molecule has 0 aliphatic carbocycles. The van der Waals surface area contributed by atoms with E-state index in [0.717, 1.165) is 22.4 Å². The number of hydrogen-bond donors (Lipinski definition) is 0. The zero-order valence-electron chi connectivity index (χ0n) is 10.5. The Hall–Kier alpha value is -2.34. The Morgan fingerprint density at radius 1 is 1.22 bits per heavy atom. The van der Waals surface area contributed by atoms with Gasteiger partial charge in [0.25, 0.3) is 0 Å². The van der Waals surface area contributed by atoms with Crippen LogP contribution in [0.4, 0.5) is 0 Å². The van der Waals surface area contributed by atoms with Crippen molar-refractivity contribution in [3.63, 3.8) is 0 Å². The summed E-state index contributed by atoms with van der Waals surface area (Å²) in [6.07, 6.45) is 1.63. The minimum absolute atomic E-state index is 0.414. The smallest absolute Gasteiger partial charge is 0.140 e. The maximum atomic E-state index is 8.78. The van der Waals surface area contributed by atoms with Crippen molar-refractivity contribution in [1.29, 1.82) is 5.26 Å². The minimum atomic E-state index is 0.414. The van der Waals surface area contributed by atoms with Gasteiger partial charge < -0.3 is 4.74 Å². The molecule has 0 saturated heterocycles. The molecule has 1 heterocycles. The van der Waals surface area contributed by atoms with Crippen molar-refractivity contribution < 1.29 is 4.74 Å². The number of nitriles is 1. The van der Waals surface area contributed by atoms with E-state index >= 15 is 0 Å². The van der Waals surface area contributed by atoms with Gasteiger partial charge in [-0.05, 0) is 42.7 Å². The molecule has 0 saturated carbocycles. The molecule has 0 unspecified atom stereocenters. The summed E-state index contributed by atoms with van der Waals surface area (Å²) in [4.78, 5) is 3.93. The van der Waals surface area contributed by atoms with Gasteiger partial charge in [-0.2, -0.15) is 5.26 Å². The van der Waals surface area contributed by atoms with Gasteiger partial charge in [-0.3, -0.25) is 0 Å². The molecule has 3 heteroatoms. The fourth-order valence-electron chi connectivity index (χ4n) is 1.81. The topological polar surface area (TPSA) is 45.9 Å². The van der Waals surface area contributed by atoms with E-state index in [9.17, 15) is 0 Å². The van der Waals surface area contributed by atoms with Crippen molar-refractivity contribution in [2.75, 3.05) is 0 Å². The van der Waals surface area contributed by atoms with Crippen LogP contribution in [-0.4, -0.2) is 4.98 Å². The number of aromatic nitrogens is 1. The second-order valence-corrected chi connectivity index (χ2v) is 4.17. The zero-order valence-corrected chi connectivity index (χ0v) is 10.5. The summed E-state index contributed by atoms with van der Waals surface area (Å²) in [6, 6.07) is 11.7. The molecule has 1 aromatic carbocycles. The number of para-hydroxylation sites is 1. The predicted octanol–water partition coefficient (Wildman–Crippen LogP) is 3.15. The van der Waals surface area contributed by atoms with Gasteiger partial charge in [0, 0.05) is 6.20 Å². The van der Waals surface area contributed by atoms with Gasteiger partial charge >= 0.3 is 0 Å². The standard InChI is InChI=1S/C15H14N2O/c1-11-4-3-5-12(2)15(11)18-10-13-6-7-17-14(8-13)9-16/h3-8H,10H2,1-2H3. The second kappa shape index (κ2) is 5.33. The third-order valence-corrected chi connectivity index (χ3v) is 2.73. The summed E-state index contributed by atoms with van der Waals surface area (Å²) in [5.74, 6) is 0.910. The SMILES string of the molecule is Cc1cccc(C)c1OCc1ccnc(C#N)c1. The molecule has 0 N–H and O–H groups in total. The molecule has 1 aromatic heterocycles. The third kappa shape index (κ3) is 2.67. The molecule has 0 amide bonds. The first-order valence-electron chi connectivity index (χ1n) is 5.75. The maximum Gasteiger partial charge on any atom is 0.140 e. The van der Waals surface area contributed by atoms with E-state index in [4.69, 9.17) is 10.00 Å². The highest BCUT2D eigenvalue weighted by Crippen LogP contribution is 2.23. The highest BCUT2D eigenvalue weighted by Gasteiger charge is 2.04. The second-order valence-electron chi connectivity index (χ2n) is 4.17. The normalized spacial score (nSPS) is 9.83. The summed E-state index contributed by atoms with van der Waals surface area (Å²) in [7, 11) is 0. The van der Waals surface area contributed by atoms with Crippen LogP contribution in [-0.2, 0) is 6.61 Å². The molecule has 0 radical (unpaired) electrons. The first-order chi connectivity index (χ1) is 8.70. The summed E-state index contributed by atoms with van der Waals surface area (Å²) < 4.78 is 5.82. The number of rotatable bonds is 3. The van der Waals surface area contributed by atoms with Crippen LogP contribution in [0, 0.1) is 25.2 Å². The monoisotopic (exact) mass is 238 g/mol. The van der Waals surface area contributed by atoms with Crippen molar-refractivity contribution >= 4 is 0 Å². The molecule has 2 rings (SSSR count). The lowest BCUT2D eigenvalue weighted by molar-refractivity contribution is 0.302. The van der Waals surface area contributed by atoms with E-state index in [2.05, 4.69) is 4.98 Å². The van der Waals surface area contributed by atoms with Crippen molar-refractivity contribution in [2.24, 2.45) is 0 Å². The molecule has 0 atom stereocenters. The first kappa shape index (κ1) is 12.1. The Morgan fingerprint density at radius 3 is 2.61 bits per heavy atom. The number of benzene rings is 1. The van der Waals surface area contributed by atoms with Gasteiger partial charge in [0.2, 0.25) is 0 Å². The van der Waals surface area contributed by atoms with Crippen LogP contribution in [0.15, 0.2) is 36.5 Å². The summed E-state index contributed by atoms with van der Waals surface area (Å²) in [5, 5.41) is 8.78. The molecule has 0 aliphatic rings. The number of nitrogens with zero attached hydrogens (tertiary/aromatic N) is 2. The molecular formula is C15H14N2O. The van der Waals surface area contributed by atoms with Crippen LogP contribution in [0.3, 0.4) is 0 Å². The van der Waals surface area contributed by atoms with Gasteiger partial charge in [-0.15, -0.1) is 0 Å². The Bertz CT molecular complexity index is 579. The van der Waals surface area contributed by atoms with E-state index in [1.165, 1.54) is 0 Å². The quantitative estimate of drug-likeness (QED) is 0.825.